The quantitative estimate of drug-likeness (QED) is 0.800. The third-order valence-electron chi connectivity index (χ3n) is 3.62. The van der Waals surface area contributed by atoms with Gasteiger partial charge in [0.1, 0.15) is 5.75 Å². The number of carboxylic acid groups (broad SMARTS) is 1. The van der Waals surface area contributed by atoms with Crippen LogP contribution < -0.4 is 10.1 Å². The molecule has 0 bridgehead atoms. The fraction of sp³-hybridized carbons (Fsp3) is 0.389. The predicted octanol–water partition coefficient (Wildman–Crippen LogP) is 3.57. The summed E-state index contributed by atoms with van der Waals surface area (Å²) >= 11 is 6.08. The zero-order valence-electron chi connectivity index (χ0n) is 15.2. The van der Waals surface area contributed by atoms with Crippen molar-refractivity contribution in [3.63, 3.8) is 0 Å². The molecule has 0 spiro atoms. The van der Waals surface area contributed by atoms with E-state index in [1.807, 2.05) is 32.4 Å². The summed E-state index contributed by atoms with van der Waals surface area (Å²) in [6.07, 6.45) is 2.23. The number of benzene rings is 1. The van der Waals surface area contributed by atoms with Crippen LogP contribution in [0.5, 0.6) is 5.75 Å². The number of nitrogens with zero attached hydrogens (tertiary/aromatic N) is 2. The molecule has 2 rings (SSSR count). The summed E-state index contributed by atoms with van der Waals surface area (Å²) in [5, 5.41) is 16.0. The molecule has 8 heteroatoms. The van der Waals surface area contributed by atoms with Crippen LogP contribution in [0, 0.1) is 0 Å². The van der Waals surface area contributed by atoms with Crippen LogP contribution in [0.2, 0.25) is 5.02 Å². The van der Waals surface area contributed by atoms with Gasteiger partial charge in [0.25, 0.3) is 5.91 Å². The van der Waals surface area contributed by atoms with E-state index in [0.717, 1.165) is 5.69 Å². The van der Waals surface area contributed by atoms with Gasteiger partial charge in [0, 0.05) is 5.69 Å². The first-order chi connectivity index (χ1) is 12.1. The number of carboxylic acids is 1. The molecule has 0 saturated heterocycles. The second kappa shape index (κ2) is 7.78. The SMILES string of the molecule is CCc1c(C(=O)Nc2ccc(OCC(=O)O)c(Cl)c2)cnn1C(C)(C)C. The van der Waals surface area contributed by atoms with Gasteiger partial charge < -0.3 is 15.2 Å². The van der Waals surface area contributed by atoms with Gasteiger partial charge in [0.05, 0.1) is 28.0 Å². The van der Waals surface area contributed by atoms with Gasteiger partial charge in [-0.2, -0.15) is 5.10 Å². The maximum Gasteiger partial charge on any atom is 0.341 e. The summed E-state index contributed by atoms with van der Waals surface area (Å²) in [6, 6.07) is 4.62. The van der Waals surface area contributed by atoms with Crippen molar-refractivity contribution in [3.05, 3.63) is 40.7 Å². The molecule has 0 radical (unpaired) electrons. The van der Waals surface area contributed by atoms with E-state index in [1.165, 1.54) is 12.1 Å². The zero-order chi connectivity index (χ0) is 19.5. The van der Waals surface area contributed by atoms with Crippen molar-refractivity contribution in [3.8, 4) is 5.75 Å². The number of rotatable bonds is 6. The van der Waals surface area contributed by atoms with Gasteiger partial charge in [-0.05, 0) is 45.4 Å². The zero-order valence-corrected chi connectivity index (χ0v) is 15.9. The monoisotopic (exact) mass is 379 g/mol. The molecule has 1 aromatic heterocycles. The van der Waals surface area contributed by atoms with Crippen LogP contribution in [-0.4, -0.2) is 33.4 Å². The van der Waals surface area contributed by atoms with Gasteiger partial charge in [-0.1, -0.05) is 18.5 Å². The average Bonchev–Trinajstić information content (AvgIpc) is 2.98. The Labute approximate surface area is 156 Å². The number of ether oxygens (including phenoxy) is 1. The fourth-order valence-corrected chi connectivity index (χ4v) is 2.75. The number of hydrogen-bond acceptors (Lipinski definition) is 4. The Morgan fingerprint density at radius 3 is 2.58 bits per heavy atom. The third-order valence-corrected chi connectivity index (χ3v) is 3.92. The van der Waals surface area contributed by atoms with E-state index in [0.29, 0.717) is 17.7 Å². The molecule has 0 atom stereocenters. The highest BCUT2D eigenvalue weighted by Crippen LogP contribution is 2.28. The highest BCUT2D eigenvalue weighted by atomic mass is 35.5. The van der Waals surface area contributed by atoms with Crippen LogP contribution in [0.25, 0.3) is 0 Å². The Bertz CT molecular complexity index is 824. The van der Waals surface area contributed by atoms with E-state index in [1.54, 1.807) is 12.3 Å². The molecule has 2 aromatic rings. The molecule has 0 fully saturated rings. The lowest BCUT2D eigenvalue weighted by atomic mass is 10.1. The van der Waals surface area contributed by atoms with Crippen molar-refractivity contribution in [2.45, 2.75) is 39.7 Å². The minimum absolute atomic E-state index is 0.213. The molecule has 7 nitrogen and oxygen atoms in total. The van der Waals surface area contributed by atoms with E-state index >= 15 is 0 Å². The second-order valence-electron chi connectivity index (χ2n) is 6.72. The molecule has 1 aromatic carbocycles. The fourth-order valence-electron chi connectivity index (χ4n) is 2.52. The Hall–Kier alpha value is -2.54. The molecule has 0 saturated carbocycles. The summed E-state index contributed by atoms with van der Waals surface area (Å²) in [4.78, 5) is 23.2. The van der Waals surface area contributed by atoms with Crippen LogP contribution in [0.3, 0.4) is 0 Å². The van der Waals surface area contributed by atoms with Gasteiger partial charge in [-0.15, -0.1) is 0 Å². The van der Waals surface area contributed by atoms with Crippen molar-refractivity contribution < 1.29 is 19.4 Å². The summed E-state index contributed by atoms with van der Waals surface area (Å²) in [7, 11) is 0. The van der Waals surface area contributed by atoms with Gasteiger partial charge in [-0.3, -0.25) is 9.48 Å². The average molecular weight is 380 g/mol. The molecule has 1 heterocycles. The Balaban J connectivity index is 2.19. The maximum atomic E-state index is 12.6. The molecule has 140 valence electrons. The minimum atomic E-state index is -1.10. The second-order valence-corrected chi connectivity index (χ2v) is 7.13. The number of anilines is 1. The summed E-state index contributed by atoms with van der Waals surface area (Å²) in [5.74, 6) is -1.14. The van der Waals surface area contributed by atoms with Gasteiger partial charge in [-0.25, -0.2) is 4.79 Å². The van der Waals surface area contributed by atoms with Crippen molar-refractivity contribution in [1.82, 2.24) is 9.78 Å². The Morgan fingerprint density at radius 2 is 2.04 bits per heavy atom. The van der Waals surface area contributed by atoms with E-state index in [9.17, 15) is 9.59 Å². The third kappa shape index (κ3) is 4.54. The van der Waals surface area contributed by atoms with Crippen LogP contribution in [0.15, 0.2) is 24.4 Å². The topological polar surface area (TPSA) is 93.4 Å². The summed E-state index contributed by atoms with van der Waals surface area (Å²) in [5.41, 5.74) is 1.61. The van der Waals surface area contributed by atoms with Crippen LogP contribution >= 0.6 is 11.6 Å². The lowest BCUT2D eigenvalue weighted by Gasteiger charge is -2.22. The van der Waals surface area contributed by atoms with E-state index in [-0.39, 0.29) is 22.2 Å². The molecule has 0 aliphatic rings. The summed E-state index contributed by atoms with van der Waals surface area (Å²) in [6.45, 7) is 7.56. The maximum absolute atomic E-state index is 12.6. The number of aliphatic carboxylic acids is 1. The van der Waals surface area contributed by atoms with Crippen LogP contribution in [0.4, 0.5) is 5.69 Å². The van der Waals surface area contributed by atoms with Gasteiger partial charge in [0.15, 0.2) is 6.61 Å². The molecule has 26 heavy (non-hydrogen) atoms. The molecular formula is C18H22ClN3O4. The largest absolute Gasteiger partial charge is 0.480 e. The predicted molar refractivity (Wildman–Crippen MR) is 99.1 cm³/mol. The smallest absolute Gasteiger partial charge is 0.341 e. The van der Waals surface area contributed by atoms with Crippen LogP contribution in [-0.2, 0) is 16.8 Å². The summed E-state index contributed by atoms with van der Waals surface area (Å²) < 4.78 is 6.91. The van der Waals surface area contributed by atoms with Crippen molar-refractivity contribution >= 4 is 29.2 Å². The van der Waals surface area contributed by atoms with Crippen molar-refractivity contribution in [2.75, 3.05) is 11.9 Å². The number of nitrogens with one attached hydrogen (secondary N) is 1. The van der Waals surface area contributed by atoms with E-state index in [4.69, 9.17) is 21.4 Å². The standard InChI is InChI=1S/C18H22ClN3O4/c1-5-14-12(9-20-22(14)18(2,3)4)17(25)21-11-6-7-15(13(19)8-11)26-10-16(23)24/h6-9H,5,10H2,1-4H3,(H,21,25)(H,23,24). The molecular weight excluding hydrogens is 358 g/mol. The molecule has 0 aliphatic carbocycles. The van der Waals surface area contributed by atoms with Gasteiger partial charge >= 0.3 is 5.97 Å². The first-order valence-corrected chi connectivity index (χ1v) is 8.54. The molecule has 0 aliphatic heterocycles. The van der Waals surface area contributed by atoms with Gasteiger partial charge in [0.2, 0.25) is 0 Å². The highest BCUT2D eigenvalue weighted by Gasteiger charge is 2.23. The van der Waals surface area contributed by atoms with Crippen LogP contribution in [0.1, 0.15) is 43.7 Å². The number of amides is 1. The lowest BCUT2D eigenvalue weighted by Crippen LogP contribution is -2.26. The number of halogens is 1. The first kappa shape index (κ1) is 19.8. The van der Waals surface area contributed by atoms with E-state index < -0.39 is 12.6 Å². The lowest BCUT2D eigenvalue weighted by molar-refractivity contribution is -0.139. The Kier molecular flexibility index (Phi) is 5.92. The number of hydrogen-bond donors (Lipinski definition) is 2. The number of carbonyl (C=O) groups is 2. The number of carbonyl (C=O) groups excluding carboxylic acids is 1. The van der Waals surface area contributed by atoms with Crippen molar-refractivity contribution in [2.24, 2.45) is 0 Å². The number of aromatic nitrogens is 2. The Morgan fingerprint density at radius 1 is 1.35 bits per heavy atom. The first-order valence-electron chi connectivity index (χ1n) is 8.16. The normalized spacial score (nSPS) is 11.3. The molecule has 2 N–H and O–H groups in total. The highest BCUT2D eigenvalue weighted by molar-refractivity contribution is 6.32. The molecule has 0 unspecified atom stereocenters. The minimum Gasteiger partial charge on any atom is -0.480 e. The molecule has 1 amide bonds. The van der Waals surface area contributed by atoms with Crippen molar-refractivity contribution in [1.29, 1.82) is 0 Å². The van der Waals surface area contributed by atoms with E-state index in [2.05, 4.69) is 10.4 Å².